The number of carbonyl (C=O) groups excluding carboxylic acids is 1. The first kappa shape index (κ1) is 10.9. The average molecular weight is 235 g/mol. The molecule has 2 aromatic rings. The van der Waals surface area contributed by atoms with Gasteiger partial charge in [-0.2, -0.15) is 0 Å². The van der Waals surface area contributed by atoms with Crippen LogP contribution in [0, 0.1) is 0 Å². The number of aromatic nitrogens is 2. The molecule has 0 N–H and O–H groups in total. The third-order valence-electron chi connectivity index (χ3n) is 2.42. The van der Waals surface area contributed by atoms with Crippen LogP contribution in [0.15, 0.2) is 24.2 Å². The Morgan fingerprint density at radius 2 is 2.50 bits per heavy atom. The Hall–Kier alpha value is -1.62. The highest BCUT2D eigenvalue weighted by molar-refractivity contribution is 7.15. The average Bonchev–Trinajstić information content (AvgIpc) is 2.85. The lowest BCUT2D eigenvalue weighted by atomic mass is 10.4. The number of carbonyl (C=O) groups is 1. The smallest absolute Gasteiger partial charge is 0.196 e. The van der Waals surface area contributed by atoms with Crippen molar-refractivity contribution in [1.82, 2.24) is 9.38 Å². The summed E-state index contributed by atoms with van der Waals surface area (Å²) in [7, 11) is 0. The van der Waals surface area contributed by atoms with Crippen LogP contribution in [0.4, 0.5) is 5.82 Å². The second-order valence-electron chi connectivity index (χ2n) is 3.32. The molecule has 0 radical (unpaired) electrons. The fraction of sp³-hybridized carbons (Fsp3) is 0.273. The second kappa shape index (κ2) is 4.49. The van der Waals surface area contributed by atoms with Crippen LogP contribution in [-0.4, -0.2) is 28.8 Å². The lowest BCUT2D eigenvalue weighted by Gasteiger charge is -2.18. The van der Waals surface area contributed by atoms with Crippen molar-refractivity contribution in [2.75, 3.05) is 18.0 Å². The van der Waals surface area contributed by atoms with Crippen molar-refractivity contribution in [2.24, 2.45) is 0 Å². The number of nitrogens with zero attached hydrogens (tertiary/aromatic N) is 3. The van der Waals surface area contributed by atoms with Gasteiger partial charge in [-0.3, -0.25) is 9.20 Å². The van der Waals surface area contributed by atoms with Gasteiger partial charge in [0.2, 0.25) is 0 Å². The summed E-state index contributed by atoms with van der Waals surface area (Å²) in [5, 5.41) is 1.92. The first-order valence-electron chi connectivity index (χ1n) is 5.08. The van der Waals surface area contributed by atoms with Gasteiger partial charge in [0.05, 0.1) is 0 Å². The molecular formula is C11H13N3OS. The standard InChI is InChI=1S/C11H13N3OS/c1-3-5-13(4-2)10-9(8-15)14-6-7-16-11(14)12-10/h3,6-8H,1,4-5H2,2H3. The number of fused-ring (bicyclic) bond motifs is 1. The minimum Gasteiger partial charge on any atom is -0.351 e. The molecule has 0 bridgehead atoms. The molecule has 0 aliphatic heterocycles. The molecule has 16 heavy (non-hydrogen) atoms. The van der Waals surface area contributed by atoms with E-state index in [4.69, 9.17) is 0 Å². The molecule has 4 nitrogen and oxygen atoms in total. The first-order valence-corrected chi connectivity index (χ1v) is 5.96. The van der Waals surface area contributed by atoms with E-state index in [1.807, 2.05) is 33.9 Å². The minimum absolute atomic E-state index is 0.611. The molecule has 5 heteroatoms. The summed E-state index contributed by atoms with van der Waals surface area (Å²) in [5.74, 6) is 0.740. The van der Waals surface area contributed by atoms with Crippen LogP contribution in [0.1, 0.15) is 17.4 Å². The third-order valence-corrected chi connectivity index (χ3v) is 3.18. The summed E-state index contributed by atoms with van der Waals surface area (Å²) in [6.45, 7) is 7.24. The number of likely N-dealkylation sites (N-methyl/N-ethyl adjacent to an activating group) is 1. The Morgan fingerprint density at radius 1 is 1.69 bits per heavy atom. The van der Waals surface area contributed by atoms with E-state index in [0.717, 1.165) is 23.6 Å². The van der Waals surface area contributed by atoms with Crippen molar-refractivity contribution in [1.29, 1.82) is 0 Å². The van der Waals surface area contributed by atoms with E-state index in [0.29, 0.717) is 12.2 Å². The van der Waals surface area contributed by atoms with Crippen LogP contribution in [0.2, 0.25) is 0 Å². The van der Waals surface area contributed by atoms with Crippen LogP contribution in [-0.2, 0) is 0 Å². The molecule has 0 amide bonds. The number of rotatable bonds is 5. The molecule has 84 valence electrons. The molecule has 2 heterocycles. The molecule has 0 unspecified atom stereocenters. The van der Waals surface area contributed by atoms with Gasteiger partial charge in [-0.15, -0.1) is 17.9 Å². The van der Waals surface area contributed by atoms with E-state index in [2.05, 4.69) is 11.6 Å². The Morgan fingerprint density at radius 3 is 3.12 bits per heavy atom. The van der Waals surface area contributed by atoms with Gasteiger partial charge in [0.15, 0.2) is 17.1 Å². The van der Waals surface area contributed by atoms with Crippen molar-refractivity contribution in [2.45, 2.75) is 6.92 Å². The van der Waals surface area contributed by atoms with Gasteiger partial charge in [0.1, 0.15) is 5.69 Å². The number of imidazole rings is 1. The zero-order valence-corrected chi connectivity index (χ0v) is 9.91. The lowest BCUT2D eigenvalue weighted by molar-refractivity contribution is 0.111. The molecular weight excluding hydrogens is 222 g/mol. The monoisotopic (exact) mass is 235 g/mol. The Labute approximate surface area is 97.8 Å². The molecule has 0 atom stereocenters. The SMILES string of the molecule is C=CCN(CC)c1nc2sccn2c1C=O. The van der Waals surface area contributed by atoms with Gasteiger partial charge >= 0.3 is 0 Å². The molecule has 0 aliphatic carbocycles. The minimum atomic E-state index is 0.611. The number of thiazole rings is 1. The summed E-state index contributed by atoms with van der Waals surface area (Å²) in [5.41, 5.74) is 0.611. The van der Waals surface area contributed by atoms with Crippen LogP contribution < -0.4 is 4.90 Å². The van der Waals surface area contributed by atoms with Crippen molar-refractivity contribution in [3.63, 3.8) is 0 Å². The molecule has 0 aliphatic rings. The number of hydrogen-bond donors (Lipinski definition) is 0. The van der Waals surface area contributed by atoms with Gasteiger partial charge in [-0.1, -0.05) is 6.08 Å². The first-order chi connectivity index (χ1) is 7.81. The van der Waals surface area contributed by atoms with Gasteiger partial charge in [-0.05, 0) is 6.92 Å². The highest BCUT2D eigenvalue weighted by atomic mass is 32.1. The van der Waals surface area contributed by atoms with Crippen molar-refractivity contribution in [3.05, 3.63) is 29.9 Å². The normalized spacial score (nSPS) is 10.6. The summed E-state index contributed by atoms with van der Waals surface area (Å²) >= 11 is 1.52. The summed E-state index contributed by atoms with van der Waals surface area (Å²) in [6.07, 6.45) is 4.53. The van der Waals surface area contributed by atoms with Gasteiger partial charge < -0.3 is 4.90 Å². The zero-order valence-electron chi connectivity index (χ0n) is 9.09. The van der Waals surface area contributed by atoms with E-state index >= 15 is 0 Å². The molecule has 2 rings (SSSR count). The quantitative estimate of drug-likeness (QED) is 0.589. The fourth-order valence-electron chi connectivity index (χ4n) is 1.66. The van der Waals surface area contributed by atoms with Crippen molar-refractivity contribution >= 4 is 28.4 Å². The summed E-state index contributed by atoms with van der Waals surface area (Å²) < 4.78 is 1.82. The molecule has 0 aromatic carbocycles. The number of anilines is 1. The predicted octanol–water partition coefficient (Wildman–Crippen LogP) is 2.22. The largest absolute Gasteiger partial charge is 0.351 e. The molecule has 0 spiro atoms. The van der Waals surface area contributed by atoms with Gasteiger partial charge in [-0.25, -0.2) is 4.98 Å². The summed E-state index contributed by atoms with van der Waals surface area (Å²) in [4.78, 5) is 18.4. The van der Waals surface area contributed by atoms with Crippen LogP contribution in [0.25, 0.3) is 4.96 Å². The van der Waals surface area contributed by atoms with E-state index in [1.54, 1.807) is 0 Å². The maximum absolute atomic E-state index is 11.1. The van der Waals surface area contributed by atoms with Crippen LogP contribution in [0.5, 0.6) is 0 Å². The van der Waals surface area contributed by atoms with Crippen LogP contribution in [0.3, 0.4) is 0 Å². The summed E-state index contributed by atoms with van der Waals surface area (Å²) in [6, 6.07) is 0. The number of aldehydes is 1. The maximum Gasteiger partial charge on any atom is 0.196 e. The second-order valence-corrected chi connectivity index (χ2v) is 4.19. The lowest BCUT2D eigenvalue weighted by Crippen LogP contribution is -2.24. The number of hydrogen-bond acceptors (Lipinski definition) is 4. The Bertz CT molecular complexity index is 514. The van der Waals surface area contributed by atoms with E-state index in [1.165, 1.54) is 11.3 Å². The van der Waals surface area contributed by atoms with Gasteiger partial charge in [0, 0.05) is 24.7 Å². The molecule has 0 fully saturated rings. The Balaban J connectivity index is 2.52. The maximum atomic E-state index is 11.1. The van der Waals surface area contributed by atoms with Crippen molar-refractivity contribution < 1.29 is 4.79 Å². The zero-order chi connectivity index (χ0) is 11.5. The van der Waals surface area contributed by atoms with E-state index in [-0.39, 0.29) is 0 Å². The Kier molecular flexibility index (Phi) is 3.05. The topological polar surface area (TPSA) is 37.6 Å². The molecule has 0 saturated carbocycles. The van der Waals surface area contributed by atoms with E-state index < -0.39 is 0 Å². The molecule has 2 aromatic heterocycles. The fourth-order valence-corrected chi connectivity index (χ4v) is 2.37. The highest BCUT2D eigenvalue weighted by Gasteiger charge is 2.16. The highest BCUT2D eigenvalue weighted by Crippen LogP contribution is 2.23. The van der Waals surface area contributed by atoms with Crippen molar-refractivity contribution in [3.8, 4) is 0 Å². The predicted molar refractivity (Wildman–Crippen MR) is 66.5 cm³/mol. The van der Waals surface area contributed by atoms with E-state index in [9.17, 15) is 4.79 Å². The molecule has 0 saturated heterocycles. The van der Waals surface area contributed by atoms with Crippen LogP contribution >= 0.6 is 11.3 Å². The van der Waals surface area contributed by atoms with Gasteiger partial charge in [0.25, 0.3) is 0 Å². The third kappa shape index (κ3) is 1.63.